The van der Waals surface area contributed by atoms with Gasteiger partial charge in [-0.25, -0.2) is 9.78 Å². The summed E-state index contributed by atoms with van der Waals surface area (Å²) in [6.45, 7) is 3.93. The minimum atomic E-state index is -0.220. The van der Waals surface area contributed by atoms with Crippen LogP contribution in [0.3, 0.4) is 0 Å². The van der Waals surface area contributed by atoms with Crippen LogP contribution in [-0.4, -0.2) is 41.5 Å². The van der Waals surface area contributed by atoms with Gasteiger partial charge in [-0.3, -0.25) is 4.79 Å². The van der Waals surface area contributed by atoms with Crippen LogP contribution in [0.25, 0.3) is 10.6 Å². The zero-order valence-electron chi connectivity index (χ0n) is 17.5. The molecule has 1 aliphatic rings. The van der Waals surface area contributed by atoms with Crippen molar-refractivity contribution in [2.75, 3.05) is 25.0 Å². The highest BCUT2D eigenvalue weighted by Gasteiger charge is 2.26. The van der Waals surface area contributed by atoms with E-state index < -0.39 is 0 Å². The molecule has 7 heteroatoms. The highest BCUT2D eigenvalue weighted by molar-refractivity contribution is 7.16. The van der Waals surface area contributed by atoms with Gasteiger partial charge in [0, 0.05) is 30.9 Å². The Bertz CT molecular complexity index is 1030. The van der Waals surface area contributed by atoms with Gasteiger partial charge in [-0.15, -0.1) is 11.3 Å². The molecule has 160 valence electrons. The number of carbonyl (C=O) groups is 2. The third kappa shape index (κ3) is 5.49. The van der Waals surface area contributed by atoms with Crippen LogP contribution in [0.2, 0.25) is 0 Å². The average molecular weight is 435 g/mol. The average Bonchev–Trinajstić information content (AvgIpc) is 3.30. The predicted molar refractivity (Wildman–Crippen MR) is 124 cm³/mol. The lowest BCUT2D eigenvalue weighted by atomic mass is 9.98. The quantitative estimate of drug-likeness (QED) is 0.606. The van der Waals surface area contributed by atoms with Gasteiger partial charge >= 0.3 is 6.03 Å². The molecule has 31 heavy (non-hydrogen) atoms. The molecule has 2 heterocycles. The number of piperidine rings is 1. The molecule has 0 saturated carbocycles. The number of nitrogens with one attached hydrogen (secondary N) is 2. The molecule has 6 nitrogen and oxygen atoms in total. The number of nitrogens with zero attached hydrogens (tertiary/aromatic N) is 2. The van der Waals surface area contributed by atoms with E-state index >= 15 is 0 Å². The Morgan fingerprint density at radius 2 is 1.90 bits per heavy atom. The topological polar surface area (TPSA) is 74.3 Å². The molecular formula is C24H26N4O2S. The first-order chi connectivity index (χ1) is 15.1. The molecule has 0 aliphatic carbocycles. The van der Waals surface area contributed by atoms with Gasteiger partial charge in [-0.05, 0) is 37.8 Å². The Labute approximate surface area is 186 Å². The number of rotatable bonds is 5. The van der Waals surface area contributed by atoms with Crippen molar-refractivity contribution in [1.29, 1.82) is 0 Å². The van der Waals surface area contributed by atoms with E-state index in [1.165, 1.54) is 11.3 Å². The summed E-state index contributed by atoms with van der Waals surface area (Å²) in [7, 11) is 0. The van der Waals surface area contributed by atoms with E-state index in [-0.39, 0.29) is 17.9 Å². The van der Waals surface area contributed by atoms with E-state index in [0.29, 0.717) is 18.0 Å². The van der Waals surface area contributed by atoms with Crippen molar-refractivity contribution in [2.45, 2.75) is 19.8 Å². The van der Waals surface area contributed by atoms with Gasteiger partial charge in [0.1, 0.15) is 9.88 Å². The summed E-state index contributed by atoms with van der Waals surface area (Å²) in [6.07, 6.45) is 3.60. The molecule has 4 rings (SSSR count). The smallest absolute Gasteiger partial charge is 0.319 e. The molecule has 1 fully saturated rings. The van der Waals surface area contributed by atoms with E-state index in [1.54, 1.807) is 6.20 Å². The zero-order chi connectivity index (χ0) is 21.6. The molecule has 3 aromatic rings. The van der Waals surface area contributed by atoms with Gasteiger partial charge in [-0.2, -0.15) is 0 Å². The molecule has 0 bridgehead atoms. The highest BCUT2D eigenvalue weighted by Crippen LogP contribution is 2.27. The third-order valence-corrected chi connectivity index (χ3v) is 6.44. The fourth-order valence-electron chi connectivity index (χ4n) is 3.71. The minimum Gasteiger partial charge on any atom is -0.338 e. The lowest BCUT2D eigenvalue weighted by molar-refractivity contribution is 0.0680. The predicted octanol–water partition coefficient (Wildman–Crippen LogP) is 4.79. The molecule has 1 aliphatic heterocycles. The van der Waals surface area contributed by atoms with Gasteiger partial charge in [0.25, 0.3) is 5.91 Å². The van der Waals surface area contributed by atoms with Crippen molar-refractivity contribution in [1.82, 2.24) is 15.2 Å². The number of hydrogen-bond donors (Lipinski definition) is 2. The molecule has 3 amide bonds. The number of benzene rings is 2. The second-order valence-corrected chi connectivity index (χ2v) is 8.89. The molecular weight excluding hydrogens is 408 g/mol. The fourth-order valence-corrected chi connectivity index (χ4v) is 4.60. The maximum Gasteiger partial charge on any atom is 0.319 e. The number of anilines is 1. The van der Waals surface area contributed by atoms with Crippen LogP contribution in [0.4, 0.5) is 10.5 Å². The van der Waals surface area contributed by atoms with E-state index in [9.17, 15) is 9.59 Å². The molecule has 1 aromatic heterocycles. The van der Waals surface area contributed by atoms with Gasteiger partial charge in [0.15, 0.2) is 0 Å². The standard InChI is InChI=1S/C24H26N4O2S/c1-17-9-11-20(12-10-17)27-24(30)26-14-18-6-5-13-28(16-18)23(29)21-15-25-22(31-21)19-7-3-2-4-8-19/h2-4,7-12,15,18H,5-6,13-14,16H2,1H3,(H2,26,27,30). The van der Waals surface area contributed by atoms with Crippen molar-refractivity contribution in [3.05, 3.63) is 71.2 Å². The lowest BCUT2D eigenvalue weighted by Crippen LogP contribution is -2.44. The Kier molecular flexibility index (Phi) is 6.62. The normalized spacial score (nSPS) is 16.0. The number of likely N-dealkylation sites (tertiary alicyclic amines) is 1. The Hall–Kier alpha value is -3.19. The lowest BCUT2D eigenvalue weighted by Gasteiger charge is -2.32. The van der Waals surface area contributed by atoms with Crippen LogP contribution in [0, 0.1) is 12.8 Å². The number of aromatic nitrogens is 1. The summed E-state index contributed by atoms with van der Waals surface area (Å²) in [5.74, 6) is 0.261. The van der Waals surface area contributed by atoms with Crippen LogP contribution in [0.5, 0.6) is 0 Å². The Morgan fingerprint density at radius 1 is 1.13 bits per heavy atom. The number of urea groups is 1. The zero-order valence-corrected chi connectivity index (χ0v) is 18.3. The van der Waals surface area contributed by atoms with Crippen LogP contribution in [-0.2, 0) is 0 Å². The largest absolute Gasteiger partial charge is 0.338 e. The van der Waals surface area contributed by atoms with Gasteiger partial charge in [-0.1, -0.05) is 48.0 Å². The van der Waals surface area contributed by atoms with Gasteiger partial charge in [0.2, 0.25) is 0 Å². The molecule has 2 aromatic carbocycles. The maximum atomic E-state index is 13.0. The number of hydrogen-bond acceptors (Lipinski definition) is 4. The molecule has 1 unspecified atom stereocenters. The summed E-state index contributed by atoms with van der Waals surface area (Å²) >= 11 is 1.43. The minimum absolute atomic E-state index is 0.0217. The first-order valence-electron chi connectivity index (χ1n) is 10.5. The van der Waals surface area contributed by atoms with E-state index in [0.717, 1.165) is 41.2 Å². The first-order valence-corrected chi connectivity index (χ1v) is 11.3. The van der Waals surface area contributed by atoms with E-state index in [4.69, 9.17) is 0 Å². The maximum absolute atomic E-state index is 13.0. The van der Waals surface area contributed by atoms with Crippen molar-refractivity contribution < 1.29 is 9.59 Å². The van der Waals surface area contributed by atoms with Crippen molar-refractivity contribution in [2.24, 2.45) is 5.92 Å². The van der Waals surface area contributed by atoms with Crippen LogP contribution >= 0.6 is 11.3 Å². The van der Waals surface area contributed by atoms with Crippen LogP contribution < -0.4 is 10.6 Å². The summed E-state index contributed by atoms with van der Waals surface area (Å²) in [4.78, 5) is 32.2. The SMILES string of the molecule is Cc1ccc(NC(=O)NCC2CCCN(C(=O)c3cnc(-c4ccccc4)s3)C2)cc1. The first kappa shape index (κ1) is 21.1. The highest BCUT2D eigenvalue weighted by atomic mass is 32.1. The number of amides is 3. The van der Waals surface area contributed by atoms with Crippen molar-refractivity contribution in [3.8, 4) is 10.6 Å². The third-order valence-electron chi connectivity index (χ3n) is 5.40. The van der Waals surface area contributed by atoms with E-state index in [1.807, 2.05) is 66.4 Å². The van der Waals surface area contributed by atoms with Crippen molar-refractivity contribution in [3.63, 3.8) is 0 Å². The van der Waals surface area contributed by atoms with Gasteiger partial charge in [0.05, 0.1) is 6.20 Å². The van der Waals surface area contributed by atoms with Crippen LogP contribution in [0.1, 0.15) is 28.1 Å². The summed E-state index contributed by atoms with van der Waals surface area (Å²) < 4.78 is 0. The number of aryl methyl sites for hydroxylation is 1. The molecule has 0 spiro atoms. The molecule has 2 N–H and O–H groups in total. The van der Waals surface area contributed by atoms with E-state index in [2.05, 4.69) is 15.6 Å². The number of carbonyl (C=O) groups excluding carboxylic acids is 2. The van der Waals surface area contributed by atoms with Crippen LogP contribution in [0.15, 0.2) is 60.8 Å². The van der Waals surface area contributed by atoms with Gasteiger partial charge < -0.3 is 15.5 Å². The summed E-state index contributed by atoms with van der Waals surface area (Å²) in [5.41, 5.74) is 2.93. The Morgan fingerprint density at radius 3 is 2.68 bits per heavy atom. The fraction of sp³-hybridized carbons (Fsp3) is 0.292. The summed E-state index contributed by atoms with van der Waals surface area (Å²) in [5, 5.41) is 6.65. The molecule has 1 saturated heterocycles. The molecule has 0 radical (unpaired) electrons. The molecule has 1 atom stereocenters. The second-order valence-electron chi connectivity index (χ2n) is 7.86. The summed E-state index contributed by atoms with van der Waals surface area (Å²) in [6, 6.07) is 17.4. The second kappa shape index (κ2) is 9.75. The monoisotopic (exact) mass is 434 g/mol. The number of thiazole rings is 1. The Balaban J connectivity index is 1.30. The van der Waals surface area contributed by atoms with Crippen molar-refractivity contribution >= 4 is 29.0 Å².